The molecular formula is C22H22N4O. The summed E-state index contributed by atoms with van der Waals surface area (Å²) in [7, 11) is 0. The highest BCUT2D eigenvalue weighted by Crippen LogP contribution is 2.23. The molecule has 136 valence electrons. The van der Waals surface area contributed by atoms with Gasteiger partial charge in [-0.2, -0.15) is 0 Å². The Labute approximate surface area is 159 Å². The molecule has 5 heteroatoms. The lowest BCUT2D eigenvalue weighted by atomic mass is 10.1. The van der Waals surface area contributed by atoms with Crippen molar-refractivity contribution in [1.29, 1.82) is 0 Å². The summed E-state index contributed by atoms with van der Waals surface area (Å²) in [6.45, 7) is 7.22. The van der Waals surface area contributed by atoms with Gasteiger partial charge in [-0.05, 0) is 35.9 Å². The van der Waals surface area contributed by atoms with Crippen molar-refractivity contribution in [3.63, 3.8) is 0 Å². The van der Waals surface area contributed by atoms with Gasteiger partial charge in [0.05, 0.1) is 18.9 Å². The number of nitrogens with zero attached hydrogens (tertiary/aromatic N) is 3. The predicted octanol–water partition coefficient (Wildman–Crippen LogP) is 4.37. The van der Waals surface area contributed by atoms with E-state index in [9.17, 15) is 0 Å². The summed E-state index contributed by atoms with van der Waals surface area (Å²) < 4.78 is 5.41. The Morgan fingerprint density at radius 2 is 1.70 bits per heavy atom. The van der Waals surface area contributed by atoms with Crippen LogP contribution in [0.5, 0.6) is 0 Å². The van der Waals surface area contributed by atoms with E-state index in [0.29, 0.717) is 5.95 Å². The molecule has 0 amide bonds. The van der Waals surface area contributed by atoms with Crippen LogP contribution in [-0.4, -0.2) is 36.3 Å². The molecule has 1 aromatic heterocycles. The van der Waals surface area contributed by atoms with Gasteiger partial charge in [0.15, 0.2) is 0 Å². The third-order valence-corrected chi connectivity index (χ3v) is 4.60. The van der Waals surface area contributed by atoms with Crippen molar-refractivity contribution in [2.24, 2.45) is 0 Å². The van der Waals surface area contributed by atoms with Gasteiger partial charge >= 0.3 is 0 Å². The van der Waals surface area contributed by atoms with Gasteiger partial charge in [-0.15, -0.1) is 0 Å². The van der Waals surface area contributed by atoms with E-state index in [2.05, 4.69) is 51.0 Å². The van der Waals surface area contributed by atoms with E-state index >= 15 is 0 Å². The van der Waals surface area contributed by atoms with Gasteiger partial charge in [-0.25, -0.2) is 9.97 Å². The first kappa shape index (κ1) is 17.2. The molecule has 0 bridgehead atoms. The largest absolute Gasteiger partial charge is 0.378 e. The number of hydrogen-bond donors (Lipinski definition) is 1. The van der Waals surface area contributed by atoms with E-state index in [1.54, 1.807) is 6.20 Å². The average molecular weight is 358 g/mol. The lowest BCUT2D eigenvalue weighted by Gasteiger charge is -2.28. The van der Waals surface area contributed by atoms with Crippen LogP contribution in [0.15, 0.2) is 67.4 Å². The van der Waals surface area contributed by atoms with Crippen LogP contribution >= 0.6 is 0 Å². The summed E-state index contributed by atoms with van der Waals surface area (Å²) in [5.74, 6) is 0.583. The minimum absolute atomic E-state index is 0.583. The van der Waals surface area contributed by atoms with Crippen LogP contribution in [-0.2, 0) is 4.74 Å². The van der Waals surface area contributed by atoms with Crippen molar-refractivity contribution in [2.45, 2.75) is 0 Å². The molecule has 27 heavy (non-hydrogen) atoms. The molecule has 0 saturated carbocycles. The molecule has 2 aromatic carbocycles. The fourth-order valence-corrected chi connectivity index (χ4v) is 3.08. The molecule has 0 aliphatic carbocycles. The van der Waals surface area contributed by atoms with Crippen molar-refractivity contribution in [1.82, 2.24) is 9.97 Å². The van der Waals surface area contributed by atoms with E-state index in [1.165, 1.54) is 5.69 Å². The lowest BCUT2D eigenvalue weighted by Crippen LogP contribution is -2.36. The second-order valence-electron chi connectivity index (χ2n) is 6.36. The maximum absolute atomic E-state index is 5.41. The predicted molar refractivity (Wildman–Crippen MR) is 110 cm³/mol. The third-order valence-electron chi connectivity index (χ3n) is 4.60. The summed E-state index contributed by atoms with van der Waals surface area (Å²) in [6.07, 6.45) is 3.60. The number of anilines is 3. The van der Waals surface area contributed by atoms with Gasteiger partial charge in [-0.3, -0.25) is 0 Å². The van der Waals surface area contributed by atoms with Crippen molar-refractivity contribution >= 4 is 23.4 Å². The molecular weight excluding hydrogens is 336 g/mol. The normalized spacial score (nSPS) is 14.0. The van der Waals surface area contributed by atoms with Crippen molar-refractivity contribution in [3.8, 4) is 11.3 Å². The number of rotatable bonds is 5. The Hall–Kier alpha value is -3.18. The first-order chi connectivity index (χ1) is 13.3. The quantitative estimate of drug-likeness (QED) is 0.734. The molecule has 1 saturated heterocycles. The smallest absolute Gasteiger partial charge is 0.227 e. The van der Waals surface area contributed by atoms with Crippen LogP contribution in [0.4, 0.5) is 17.3 Å². The summed E-state index contributed by atoms with van der Waals surface area (Å²) >= 11 is 0. The average Bonchev–Trinajstić information content (AvgIpc) is 2.75. The zero-order chi connectivity index (χ0) is 18.5. The molecule has 1 aliphatic rings. The Kier molecular flexibility index (Phi) is 5.12. The highest BCUT2D eigenvalue weighted by Gasteiger charge is 2.11. The maximum Gasteiger partial charge on any atom is 0.227 e. The van der Waals surface area contributed by atoms with Gasteiger partial charge < -0.3 is 15.0 Å². The number of hydrogen-bond acceptors (Lipinski definition) is 5. The zero-order valence-corrected chi connectivity index (χ0v) is 15.1. The number of benzene rings is 2. The molecule has 1 aliphatic heterocycles. The summed E-state index contributed by atoms with van der Waals surface area (Å²) in [5, 5.41) is 3.29. The molecule has 0 atom stereocenters. The molecule has 5 nitrogen and oxygen atoms in total. The lowest BCUT2D eigenvalue weighted by molar-refractivity contribution is 0.122. The molecule has 1 N–H and O–H groups in total. The van der Waals surface area contributed by atoms with E-state index in [1.807, 2.05) is 36.4 Å². The highest BCUT2D eigenvalue weighted by molar-refractivity contribution is 5.65. The fraction of sp³-hybridized carbons (Fsp3) is 0.182. The van der Waals surface area contributed by atoms with Crippen LogP contribution in [0.1, 0.15) is 5.56 Å². The topological polar surface area (TPSA) is 50.3 Å². The Morgan fingerprint density at radius 1 is 0.963 bits per heavy atom. The third kappa shape index (κ3) is 4.15. The standard InChI is InChI=1S/C22H22N4O/c1-2-17-3-5-18(6-4-17)21-11-12-23-22(25-21)24-19-7-9-20(10-8-19)26-13-15-27-16-14-26/h2-12H,1,13-16H2,(H,23,24,25). The second kappa shape index (κ2) is 8.01. The van der Waals surface area contributed by atoms with E-state index in [-0.39, 0.29) is 0 Å². The molecule has 2 heterocycles. The minimum Gasteiger partial charge on any atom is -0.378 e. The van der Waals surface area contributed by atoms with Crippen LogP contribution in [0.25, 0.3) is 17.3 Å². The minimum atomic E-state index is 0.583. The van der Waals surface area contributed by atoms with Gasteiger partial charge in [-0.1, -0.05) is 36.9 Å². The first-order valence-corrected chi connectivity index (χ1v) is 9.07. The van der Waals surface area contributed by atoms with Crippen LogP contribution in [0.2, 0.25) is 0 Å². The zero-order valence-electron chi connectivity index (χ0n) is 15.1. The van der Waals surface area contributed by atoms with Gasteiger partial charge in [0, 0.05) is 36.2 Å². The molecule has 0 spiro atoms. The number of ether oxygens (including phenoxy) is 1. The van der Waals surface area contributed by atoms with Crippen LogP contribution in [0.3, 0.4) is 0 Å². The van der Waals surface area contributed by atoms with Gasteiger partial charge in [0.1, 0.15) is 0 Å². The van der Waals surface area contributed by atoms with Crippen molar-refractivity contribution < 1.29 is 4.74 Å². The Bertz CT molecular complexity index is 900. The van der Waals surface area contributed by atoms with Gasteiger partial charge in [0.25, 0.3) is 0 Å². The van der Waals surface area contributed by atoms with E-state index in [4.69, 9.17) is 4.74 Å². The fourth-order valence-electron chi connectivity index (χ4n) is 3.08. The second-order valence-corrected chi connectivity index (χ2v) is 6.36. The number of nitrogens with one attached hydrogen (secondary N) is 1. The molecule has 0 unspecified atom stereocenters. The summed E-state index contributed by atoms with van der Waals surface area (Å²) in [5.41, 5.74) is 5.19. The molecule has 0 radical (unpaired) electrons. The monoisotopic (exact) mass is 358 g/mol. The Morgan fingerprint density at radius 3 is 2.41 bits per heavy atom. The molecule has 1 fully saturated rings. The van der Waals surface area contributed by atoms with Crippen molar-refractivity contribution in [2.75, 3.05) is 36.5 Å². The Balaban J connectivity index is 1.48. The molecule has 3 aromatic rings. The van der Waals surface area contributed by atoms with E-state index in [0.717, 1.165) is 48.8 Å². The maximum atomic E-state index is 5.41. The van der Waals surface area contributed by atoms with Crippen molar-refractivity contribution in [3.05, 3.63) is 72.9 Å². The SMILES string of the molecule is C=Cc1ccc(-c2ccnc(Nc3ccc(N4CCOCC4)cc3)n2)cc1. The van der Waals surface area contributed by atoms with E-state index < -0.39 is 0 Å². The number of aromatic nitrogens is 2. The van der Waals surface area contributed by atoms with Gasteiger partial charge in [0.2, 0.25) is 5.95 Å². The first-order valence-electron chi connectivity index (χ1n) is 9.07. The van der Waals surface area contributed by atoms with Crippen LogP contribution in [0, 0.1) is 0 Å². The van der Waals surface area contributed by atoms with Crippen LogP contribution < -0.4 is 10.2 Å². The highest BCUT2D eigenvalue weighted by atomic mass is 16.5. The number of morpholine rings is 1. The molecule has 4 rings (SSSR count). The summed E-state index contributed by atoms with van der Waals surface area (Å²) in [4.78, 5) is 11.3. The summed E-state index contributed by atoms with van der Waals surface area (Å²) in [6, 6.07) is 18.4.